The number of fused-ring (bicyclic) bond motifs is 1. The van der Waals surface area contributed by atoms with Gasteiger partial charge in [0, 0.05) is 5.56 Å². The zero-order valence-electron chi connectivity index (χ0n) is 12.4. The molecular formula is C17H17N3O. The lowest BCUT2D eigenvalue weighted by molar-refractivity contribution is 0.0968. The van der Waals surface area contributed by atoms with Gasteiger partial charge in [0.05, 0.1) is 5.52 Å². The van der Waals surface area contributed by atoms with E-state index in [0.29, 0.717) is 5.56 Å². The van der Waals surface area contributed by atoms with Gasteiger partial charge in [-0.15, -0.1) is 5.10 Å². The third-order valence-electron chi connectivity index (χ3n) is 3.80. The van der Waals surface area contributed by atoms with Crippen molar-refractivity contribution in [2.75, 3.05) is 0 Å². The van der Waals surface area contributed by atoms with Crippen molar-refractivity contribution < 1.29 is 4.79 Å². The Bertz CT molecular complexity index is 816. The van der Waals surface area contributed by atoms with E-state index < -0.39 is 0 Å². The van der Waals surface area contributed by atoms with Gasteiger partial charge in [-0.05, 0) is 44.0 Å². The molecule has 4 heteroatoms. The van der Waals surface area contributed by atoms with E-state index >= 15 is 0 Å². The number of ketones is 1. The largest absolute Gasteiger partial charge is 0.292 e. The molecule has 1 heterocycles. The number of hydrogen-bond donors (Lipinski definition) is 0. The molecule has 0 fully saturated rings. The maximum absolute atomic E-state index is 12.3. The molecule has 106 valence electrons. The highest BCUT2D eigenvalue weighted by molar-refractivity contribution is 5.96. The SMILES string of the molecule is Cc1ccc(C(=O)Cn2nnc3cc(C)c(C)cc32)cc1. The third-order valence-corrected chi connectivity index (χ3v) is 3.80. The van der Waals surface area contributed by atoms with Crippen molar-refractivity contribution in [3.05, 3.63) is 58.7 Å². The van der Waals surface area contributed by atoms with Crippen molar-refractivity contribution in [3.63, 3.8) is 0 Å². The molecule has 4 nitrogen and oxygen atoms in total. The van der Waals surface area contributed by atoms with Crippen LogP contribution < -0.4 is 0 Å². The third kappa shape index (κ3) is 2.57. The van der Waals surface area contributed by atoms with Gasteiger partial charge in [0.25, 0.3) is 0 Å². The lowest BCUT2D eigenvalue weighted by atomic mass is 10.1. The Morgan fingerprint density at radius 3 is 2.43 bits per heavy atom. The summed E-state index contributed by atoms with van der Waals surface area (Å²) in [6.45, 7) is 6.31. The lowest BCUT2D eigenvalue weighted by Gasteiger charge is -2.04. The molecule has 3 rings (SSSR count). The monoisotopic (exact) mass is 279 g/mol. The van der Waals surface area contributed by atoms with E-state index in [0.717, 1.165) is 16.6 Å². The Balaban J connectivity index is 1.93. The van der Waals surface area contributed by atoms with Crippen LogP contribution in [-0.2, 0) is 6.54 Å². The van der Waals surface area contributed by atoms with Gasteiger partial charge in [-0.3, -0.25) is 4.79 Å². The number of benzene rings is 2. The van der Waals surface area contributed by atoms with Crippen molar-refractivity contribution in [2.45, 2.75) is 27.3 Å². The molecule has 0 N–H and O–H groups in total. The summed E-state index contributed by atoms with van der Waals surface area (Å²) < 4.78 is 1.67. The molecule has 0 bridgehead atoms. The molecule has 0 amide bonds. The fraction of sp³-hybridized carbons (Fsp3) is 0.235. The van der Waals surface area contributed by atoms with E-state index in [2.05, 4.69) is 10.3 Å². The summed E-state index contributed by atoms with van der Waals surface area (Å²) in [6.07, 6.45) is 0. The minimum absolute atomic E-state index is 0.0417. The minimum Gasteiger partial charge on any atom is -0.292 e. The van der Waals surface area contributed by atoms with Crippen molar-refractivity contribution in [2.24, 2.45) is 0 Å². The highest BCUT2D eigenvalue weighted by Gasteiger charge is 2.11. The Labute approximate surface area is 123 Å². The van der Waals surface area contributed by atoms with Crippen molar-refractivity contribution >= 4 is 16.8 Å². The Morgan fingerprint density at radius 2 is 1.71 bits per heavy atom. The van der Waals surface area contributed by atoms with E-state index in [1.54, 1.807) is 4.68 Å². The van der Waals surface area contributed by atoms with Crippen LogP contribution in [0.1, 0.15) is 27.0 Å². The molecule has 0 saturated carbocycles. The van der Waals surface area contributed by atoms with Gasteiger partial charge in [0.2, 0.25) is 0 Å². The number of nitrogens with zero attached hydrogens (tertiary/aromatic N) is 3. The van der Waals surface area contributed by atoms with Crippen molar-refractivity contribution in [3.8, 4) is 0 Å². The van der Waals surface area contributed by atoms with Gasteiger partial charge >= 0.3 is 0 Å². The number of carbonyl (C=O) groups is 1. The van der Waals surface area contributed by atoms with E-state index in [-0.39, 0.29) is 12.3 Å². The number of hydrogen-bond acceptors (Lipinski definition) is 3. The Morgan fingerprint density at radius 1 is 1.05 bits per heavy atom. The molecular weight excluding hydrogens is 262 g/mol. The summed E-state index contributed by atoms with van der Waals surface area (Å²) in [4.78, 5) is 12.3. The summed E-state index contributed by atoms with van der Waals surface area (Å²) in [6, 6.07) is 11.6. The van der Waals surface area contributed by atoms with Crippen LogP contribution in [0.3, 0.4) is 0 Å². The van der Waals surface area contributed by atoms with E-state index in [1.807, 2.05) is 57.2 Å². The zero-order chi connectivity index (χ0) is 15.0. The summed E-state index contributed by atoms with van der Waals surface area (Å²) in [5.41, 5.74) is 5.93. The van der Waals surface area contributed by atoms with Crippen LogP contribution in [0.25, 0.3) is 11.0 Å². The maximum Gasteiger partial charge on any atom is 0.184 e. The number of aryl methyl sites for hydroxylation is 3. The van der Waals surface area contributed by atoms with E-state index in [9.17, 15) is 4.79 Å². The molecule has 0 aliphatic rings. The number of aromatic nitrogens is 3. The second-order valence-corrected chi connectivity index (χ2v) is 5.46. The van der Waals surface area contributed by atoms with Gasteiger partial charge in [-0.25, -0.2) is 4.68 Å². The fourth-order valence-corrected chi connectivity index (χ4v) is 2.31. The predicted molar refractivity (Wildman–Crippen MR) is 82.5 cm³/mol. The minimum atomic E-state index is 0.0417. The highest BCUT2D eigenvalue weighted by atomic mass is 16.1. The average molecular weight is 279 g/mol. The van der Waals surface area contributed by atoms with Gasteiger partial charge in [-0.2, -0.15) is 0 Å². The second kappa shape index (κ2) is 5.13. The number of Topliss-reactive ketones (excluding diaryl/α,β-unsaturated/α-hetero) is 1. The molecule has 2 aromatic carbocycles. The predicted octanol–water partition coefficient (Wildman–Crippen LogP) is 3.24. The lowest BCUT2D eigenvalue weighted by Crippen LogP contribution is -2.11. The summed E-state index contributed by atoms with van der Waals surface area (Å²) >= 11 is 0. The Hall–Kier alpha value is -2.49. The molecule has 21 heavy (non-hydrogen) atoms. The molecule has 0 unspecified atom stereocenters. The topological polar surface area (TPSA) is 47.8 Å². The van der Waals surface area contributed by atoms with Gasteiger partial charge in [0.15, 0.2) is 5.78 Å². The second-order valence-electron chi connectivity index (χ2n) is 5.46. The Kier molecular flexibility index (Phi) is 3.29. The first-order valence-electron chi connectivity index (χ1n) is 6.95. The smallest absolute Gasteiger partial charge is 0.184 e. The first-order valence-corrected chi connectivity index (χ1v) is 6.95. The number of rotatable bonds is 3. The first-order chi connectivity index (χ1) is 10.0. The van der Waals surface area contributed by atoms with Crippen LogP contribution in [-0.4, -0.2) is 20.8 Å². The quantitative estimate of drug-likeness (QED) is 0.691. The standard InChI is InChI=1S/C17H17N3O/c1-11-4-6-14(7-5-11)17(21)10-20-16-9-13(3)12(2)8-15(16)18-19-20/h4-9H,10H2,1-3H3. The summed E-state index contributed by atoms with van der Waals surface area (Å²) in [7, 11) is 0. The molecule has 1 aromatic heterocycles. The molecule has 3 aromatic rings. The highest BCUT2D eigenvalue weighted by Crippen LogP contribution is 2.17. The normalized spacial score (nSPS) is 11.0. The molecule has 0 aliphatic carbocycles. The van der Waals surface area contributed by atoms with Crippen LogP contribution in [0.5, 0.6) is 0 Å². The van der Waals surface area contributed by atoms with Gasteiger partial charge in [-0.1, -0.05) is 35.0 Å². The van der Waals surface area contributed by atoms with Crippen LogP contribution in [0, 0.1) is 20.8 Å². The zero-order valence-corrected chi connectivity index (χ0v) is 12.4. The van der Waals surface area contributed by atoms with Crippen LogP contribution in [0.4, 0.5) is 0 Å². The molecule has 0 spiro atoms. The molecule has 0 aliphatic heterocycles. The molecule has 0 atom stereocenters. The van der Waals surface area contributed by atoms with E-state index in [1.165, 1.54) is 11.1 Å². The van der Waals surface area contributed by atoms with Gasteiger partial charge in [0.1, 0.15) is 12.1 Å². The first kappa shape index (κ1) is 13.5. The fourth-order valence-electron chi connectivity index (χ4n) is 2.31. The number of carbonyl (C=O) groups excluding carboxylic acids is 1. The van der Waals surface area contributed by atoms with Crippen molar-refractivity contribution in [1.29, 1.82) is 0 Å². The summed E-state index contributed by atoms with van der Waals surface area (Å²) in [5, 5.41) is 8.25. The van der Waals surface area contributed by atoms with Crippen LogP contribution in [0.2, 0.25) is 0 Å². The van der Waals surface area contributed by atoms with E-state index in [4.69, 9.17) is 0 Å². The van der Waals surface area contributed by atoms with Crippen LogP contribution in [0.15, 0.2) is 36.4 Å². The molecule has 0 radical (unpaired) electrons. The maximum atomic E-state index is 12.3. The average Bonchev–Trinajstić information content (AvgIpc) is 2.82. The summed E-state index contributed by atoms with van der Waals surface area (Å²) in [5.74, 6) is 0.0417. The van der Waals surface area contributed by atoms with Crippen molar-refractivity contribution in [1.82, 2.24) is 15.0 Å². The van der Waals surface area contributed by atoms with Crippen LogP contribution >= 0.6 is 0 Å². The molecule has 0 saturated heterocycles. The van der Waals surface area contributed by atoms with Gasteiger partial charge < -0.3 is 0 Å².